The largest absolute Gasteiger partial charge is 0.478 e. The second-order valence-electron chi connectivity index (χ2n) is 2.80. The Balaban J connectivity index is 3.04. The minimum atomic E-state index is -4.51. The van der Waals surface area contributed by atoms with Crippen molar-refractivity contribution >= 4 is 5.97 Å². The van der Waals surface area contributed by atoms with E-state index in [0.29, 0.717) is 10.6 Å². The Labute approximate surface area is 81.6 Å². The molecule has 0 saturated heterocycles. The highest BCUT2D eigenvalue weighted by molar-refractivity contribution is 5.87. The van der Waals surface area contributed by atoms with Gasteiger partial charge in [-0.1, -0.05) is 0 Å². The standard InChI is InChI=1S/C8H6F3NO3/c9-8(10,11)4-12-2-1-5(7(14)15)3-6(12)13/h1-3H,4H2,(H,14,15). The van der Waals surface area contributed by atoms with Gasteiger partial charge in [0.15, 0.2) is 0 Å². The molecular formula is C8H6F3NO3. The molecule has 0 aromatic carbocycles. The van der Waals surface area contributed by atoms with Crippen LogP contribution in [0.15, 0.2) is 23.1 Å². The zero-order valence-electron chi connectivity index (χ0n) is 7.28. The number of hydrogen-bond acceptors (Lipinski definition) is 2. The van der Waals surface area contributed by atoms with E-state index in [1.54, 1.807) is 0 Å². The number of aromatic nitrogens is 1. The van der Waals surface area contributed by atoms with Crippen LogP contribution < -0.4 is 5.56 Å². The molecule has 7 heteroatoms. The minimum absolute atomic E-state index is 0.335. The summed E-state index contributed by atoms with van der Waals surface area (Å²) in [6.45, 7) is -1.42. The van der Waals surface area contributed by atoms with Crippen molar-refractivity contribution in [2.45, 2.75) is 12.7 Å². The molecule has 0 bridgehead atoms. The van der Waals surface area contributed by atoms with Crippen molar-refractivity contribution in [2.24, 2.45) is 0 Å². The fourth-order valence-electron chi connectivity index (χ4n) is 0.965. The van der Waals surface area contributed by atoms with E-state index in [1.807, 2.05) is 0 Å². The van der Waals surface area contributed by atoms with E-state index in [9.17, 15) is 22.8 Å². The van der Waals surface area contributed by atoms with E-state index in [-0.39, 0.29) is 5.56 Å². The highest BCUT2D eigenvalue weighted by atomic mass is 19.4. The summed E-state index contributed by atoms with van der Waals surface area (Å²) in [6.07, 6.45) is -3.70. The maximum atomic E-state index is 11.9. The molecule has 15 heavy (non-hydrogen) atoms. The second kappa shape index (κ2) is 3.76. The number of rotatable bonds is 2. The number of aromatic carboxylic acids is 1. The van der Waals surface area contributed by atoms with Crippen LogP contribution in [0.2, 0.25) is 0 Å². The summed E-state index contributed by atoms with van der Waals surface area (Å²) in [5, 5.41) is 8.46. The molecule has 0 amide bonds. The first kappa shape index (κ1) is 11.3. The SMILES string of the molecule is O=C(O)c1ccn(CC(F)(F)F)c(=O)c1. The third-order valence-corrected chi connectivity index (χ3v) is 1.59. The summed E-state index contributed by atoms with van der Waals surface area (Å²) >= 11 is 0. The van der Waals surface area contributed by atoms with Gasteiger partial charge >= 0.3 is 12.1 Å². The molecule has 0 atom stereocenters. The van der Waals surface area contributed by atoms with Crippen molar-refractivity contribution in [3.63, 3.8) is 0 Å². The lowest BCUT2D eigenvalue weighted by Crippen LogP contribution is -2.27. The fraction of sp³-hybridized carbons (Fsp3) is 0.250. The number of carboxylic acid groups (broad SMARTS) is 1. The van der Waals surface area contributed by atoms with E-state index in [0.717, 1.165) is 12.3 Å². The molecule has 0 spiro atoms. The smallest absolute Gasteiger partial charge is 0.406 e. The van der Waals surface area contributed by atoms with E-state index in [2.05, 4.69) is 0 Å². The van der Waals surface area contributed by atoms with Gasteiger partial charge in [-0.25, -0.2) is 4.79 Å². The molecule has 0 aliphatic rings. The molecule has 82 valence electrons. The van der Waals surface area contributed by atoms with Crippen LogP contribution in [-0.2, 0) is 6.54 Å². The highest BCUT2D eigenvalue weighted by Crippen LogP contribution is 2.16. The predicted octanol–water partition coefficient (Wildman–Crippen LogP) is 1.11. The van der Waals surface area contributed by atoms with Crippen LogP contribution in [0.5, 0.6) is 0 Å². The maximum absolute atomic E-state index is 11.9. The van der Waals surface area contributed by atoms with Crippen LogP contribution >= 0.6 is 0 Å². The molecule has 1 aromatic rings. The third kappa shape index (κ3) is 3.12. The van der Waals surface area contributed by atoms with E-state index < -0.39 is 24.2 Å². The first-order valence-corrected chi connectivity index (χ1v) is 3.80. The zero-order chi connectivity index (χ0) is 11.6. The number of hydrogen-bond donors (Lipinski definition) is 1. The number of pyridine rings is 1. The number of nitrogens with zero attached hydrogens (tertiary/aromatic N) is 1. The maximum Gasteiger partial charge on any atom is 0.406 e. The van der Waals surface area contributed by atoms with Gasteiger partial charge in [0.1, 0.15) is 6.54 Å². The summed E-state index contributed by atoms with van der Waals surface area (Å²) in [4.78, 5) is 21.4. The van der Waals surface area contributed by atoms with Crippen LogP contribution in [0.4, 0.5) is 13.2 Å². The second-order valence-corrected chi connectivity index (χ2v) is 2.80. The Bertz CT molecular complexity index is 435. The third-order valence-electron chi connectivity index (χ3n) is 1.59. The molecule has 1 aromatic heterocycles. The van der Waals surface area contributed by atoms with Crippen LogP contribution in [-0.4, -0.2) is 21.8 Å². The van der Waals surface area contributed by atoms with Gasteiger partial charge < -0.3 is 9.67 Å². The summed E-state index contributed by atoms with van der Waals surface area (Å²) in [5.74, 6) is -1.36. The quantitative estimate of drug-likeness (QED) is 0.813. The van der Waals surface area contributed by atoms with E-state index in [4.69, 9.17) is 5.11 Å². The van der Waals surface area contributed by atoms with Gasteiger partial charge in [0.25, 0.3) is 5.56 Å². The average Bonchev–Trinajstić information content (AvgIpc) is 2.05. The lowest BCUT2D eigenvalue weighted by atomic mass is 10.3. The summed E-state index contributed by atoms with van der Waals surface area (Å²) in [6, 6.07) is 1.59. The Morgan fingerprint density at radius 1 is 1.47 bits per heavy atom. The molecule has 0 fully saturated rings. The van der Waals surface area contributed by atoms with E-state index in [1.165, 1.54) is 0 Å². The Hall–Kier alpha value is -1.79. The van der Waals surface area contributed by atoms with Gasteiger partial charge in [0.05, 0.1) is 5.56 Å². The molecule has 1 N–H and O–H groups in total. The van der Waals surface area contributed by atoms with Crippen LogP contribution in [0.25, 0.3) is 0 Å². The summed E-state index contributed by atoms with van der Waals surface area (Å²) < 4.78 is 36.1. The molecule has 1 heterocycles. The van der Waals surface area contributed by atoms with Gasteiger partial charge in [0, 0.05) is 12.3 Å². The molecule has 0 unspecified atom stereocenters. The Morgan fingerprint density at radius 3 is 2.47 bits per heavy atom. The van der Waals surface area contributed by atoms with E-state index >= 15 is 0 Å². The number of halogens is 3. The molecule has 1 rings (SSSR count). The van der Waals surface area contributed by atoms with Gasteiger partial charge in [-0.3, -0.25) is 4.79 Å². The van der Waals surface area contributed by atoms with Gasteiger partial charge in [-0.15, -0.1) is 0 Å². The van der Waals surface area contributed by atoms with Crippen molar-refractivity contribution in [3.05, 3.63) is 34.2 Å². The number of carbonyl (C=O) groups is 1. The van der Waals surface area contributed by atoms with Gasteiger partial charge in [0.2, 0.25) is 0 Å². The Kier molecular flexibility index (Phi) is 2.83. The van der Waals surface area contributed by atoms with Gasteiger partial charge in [-0.05, 0) is 6.07 Å². The van der Waals surface area contributed by atoms with Gasteiger partial charge in [-0.2, -0.15) is 13.2 Å². The van der Waals surface area contributed by atoms with Crippen molar-refractivity contribution in [1.29, 1.82) is 0 Å². The first-order valence-electron chi connectivity index (χ1n) is 3.80. The van der Waals surface area contributed by atoms with Crippen LogP contribution in [0.3, 0.4) is 0 Å². The first-order chi connectivity index (χ1) is 6.79. The van der Waals surface area contributed by atoms with Crippen LogP contribution in [0.1, 0.15) is 10.4 Å². The normalized spacial score (nSPS) is 11.4. The minimum Gasteiger partial charge on any atom is -0.478 e. The fourth-order valence-corrected chi connectivity index (χ4v) is 0.965. The van der Waals surface area contributed by atoms with Crippen molar-refractivity contribution < 1.29 is 23.1 Å². The number of alkyl halides is 3. The summed E-state index contributed by atoms with van der Waals surface area (Å²) in [5.41, 5.74) is -1.33. The zero-order valence-corrected chi connectivity index (χ0v) is 7.28. The topological polar surface area (TPSA) is 59.3 Å². The predicted molar refractivity (Wildman–Crippen MR) is 43.7 cm³/mol. The van der Waals surface area contributed by atoms with Crippen LogP contribution in [0, 0.1) is 0 Å². The summed E-state index contributed by atoms with van der Waals surface area (Å²) in [7, 11) is 0. The van der Waals surface area contributed by atoms with Crippen molar-refractivity contribution in [2.75, 3.05) is 0 Å². The lowest BCUT2D eigenvalue weighted by Gasteiger charge is -2.08. The van der Waals surface area contributed by atoms with Crippen molar-refractivity contribution in [1.82, 2.24) is 4.57 Å². The molecule has 0 aliphatic carbocycles. The molecular weight excluding hydrogens is 215 g/mol. The average molecular weight is 221 g/mol. The molecule has 4 nitrogen and oxygen atoms in total. The lowest BCUT2D eigenvalue weighted by molar-refractivity contribution is -0.141. The Morgan fingerprint density at radius 2 is 2.07 bits per heavy atom. The molecule has 0 radical (unpaired) electrons. The number of carboxylic acids is 1. The molecule has 0 saturated carbocycles. The molecule has 0 aliphatic heterocycles. The van der Waals surface area contributed by atoms with Crippen molar-refractivity contribution in [3.8, 4) is 0 Å². The highest BCUT2D eigenvalue weighted by Gasteiger charge is 2.28. The monoisotopic (exact) mass is 221 g/mol.